The number of benzene rings is 1. The molecule has 0 bridgehead atoms. The summed E-state index contributed by atoms with van der Waals surface area (Å²) in [6.45, 7) is 15.2. The van der Waals surface area contributed by atoms with Crippen molar-refractivity contribution in [3.8, 4) is 5.75 Å². The van der Waals surface area contributed by atoms with E-state index in [0.717, 1.165) is 5.56 Å². The molecule has 4 N–H and O–H groups in total. The van der Waals surface area contributed by atoms with E-state index in [1.165, 1.54) is 146 Å². The van der Waals surface area contributed by atoms with Crippen molar-refractivity contribution in [1.82, 2.24) is 0 Å². The summed E-state index contributed by atoms with van der Waals surface area (Å²) >= 11 is 0. The lowest BCUT2D eigenvalue weighted by Crippen LogP contribution is -2.50. The van der Waals surface area contributed by atoms with Crippen LogP contribution in [-0.4, -0.2) is 52.9 Å². The Kier molecular flexibility index (Phi) is 23.4. The number of phenolic OH excluding ortho intramolecular Hbond substituents is 1. The fourth-order valence-electron chi connectivity index (χ4n) is 5.14. The Labute approximate surface area is 235 Å². The van der Waals surface area contributed by atoms with Crippen molar-refractivity contribution in [3.05, 3.63) is 29.8 Å². The third kappa shape index (κ3) is 19.5. The van der Waals surface area contributed by atoms with Crippen molar-refractivity contribution in [1.29, 1.82) is 0 Å². The van der Waals surface area contributed by atoms with Crippen LogP contribution in [0, 0.1) is 0 Å². The first kappa shape index (κ1) is 36.4. The summed E-state index contributed by atoms with van der Waals surface area (Å²) in [7, 11) is 0. The van der Waals surface area contributed by atoms with E-state index in [0.29, 0.717) is 0 Å². The molecule has 1 aromatic rings. The van der Waals surface area contributed by atoms with E-state index in [1.54, 1.807) is 12.1 Å². The van der Waals surface area contributed by atoms with Crippen LogP contribution < -0.4 is 5.73 Å². The summed E-state index contributed by atoms with van der Waals surface area (Å²) in [6.07, 6.45) is 23.1. The van der Waals surface area contributed by atoms with Gasteiger partial charge in [0, 0.05) is 0 Å². The molecule has 222 valence electrons. The van der Waals surface area contributed by atoms with E-state index >= 15 is 0 Å². The molecule has 1 atom stereocenters. The highest BCUT2D eigenvalue weighted by Gasteiger charge is 2.25. The summed E-state index contributed by atoms with van der Waals surface area (Å²) in [5.41, 5.74) is 6.12. The predicted molar refractivity (Wildman–Crippen MR) is 164 cm³/mol. The second kappa shape index (κ2) is 24.5. The first-order valence-corrected chi connectivity index (χ1v) is 15.9. The number of quaternary nitrogens is 1. The van der Waals surface area contributed by atoms with Gasteiger partial charge in [0.05, 0.1) is 26.2 Å². The number of nitrogens with two attached hydrogens (primary N) is 1. The molecule has 1 rings (SSSR count). The fraction of sp³-hybridized carbons (Fsp3) is 0.788. The third-order valence-electron chi connectivity index (χ3n) is 7.65. The molecule has 1 unspecified atom stereocenters. The highest BCUT2D eigenvalue weighted by molar-refractivity contribution is 5.73. The highest BCUT2D eigenvalue weighted by Crippen LogP contribution is 2.19. The number of phenols is 1. The number of carbonyl (C=O) groups is 1. The second-order valence-electron chi connectivity index (χ2n) is 11.3. The fourth-order valence-corrected chi connectivity index (χ4v) is 5.14. The average Bonchev–Trinajstić information content (AvgIpc) is 2.91. The van der Waals surface area contributed by atoms with Crippen molar-refractivity contribution in [2.45, 2.75) is 143 Å². The molecule has 5 nitrogen and oxygen atoms in total. The summed E-state index contributed by atoms with van der Waals surface area (Å²) < 4.78 is 1.46. The van der Waals surface area contributed by atoms with Crippen LogP contribution >= 0.6 is 0 Å². The van der Waals surface area contributed by atoms with E-state index in [2.05, 4.69) is 27.7 Å². The maximum atomic E-state index is 10.4. The van der Waals surface area contributed by atoms with Gasteiger partial charge in [-0.15, -0.1) is 0 Å². The lowest BCUT2D eigenvalue weighted by Gasteiger charge is -2.39. The number of carboxylic acids is 1. The van der Waals surface area contributed by atoms with Crippen LogP contribution in [0.25, 0.3) is 0 Å². The highest BCUT2D eigenvalue weighted by atomic mass is 16.4. The monoisotopic (exact) mass is 535 g/mol. The molecule has 0 aromatic heterocycles. The number of unbranched alkanes of at least 4 members (excludes halogenated alkanes) is 12. The van der Waals surface area contributed by atoms with Gasteiger partial charge in [0.2, 0.25) is 0 Å². The molecular formula is C33H63N2O3+. The van der Waals surface area contributed by atoms with Crippen molar-refractivity contribution < 1.29 is 19.5 Å². The largest absolute Gasteiger partial charge is 0.508 e. The number of rotatable bonds is 23. The molecule has 0 aliphatic rings. The normalized spacial score (nSPS) is 12.1. The number of aliphatic carboxylic acids is 1. The first-order chi connectivity index (χ1) is 18.3. The minimum atomic E-state index is -1.02. The number of nitrogens with zero attached hydrogens (tertiary/aromatic N) is 1. The second-order valence-corrected chi connectivity index (χ2v) is 11.3. The maximum Gasteiger partial charge on any atom is 0.320 e. The summed E-state index contributed by atoms with van der Waals surface area (Å²) in [5.74, 6) is -0.860. The van der Waals surface area contributed by atoms with Gasteiger partial charge in [0.1, 0.15) is 11.8 Å². The number of hydrogen-bond donors (Lipinski definition) is 3. The van der Waals surface area contributed by atoms with E-state index in [1.807, 2.05) is 0 Å². The molecule has 0 heterocycles. The lowest BCUT2D eigenvalue weighted by atomic mass is 10.1. The Bertz CT molecular complexity index is 609. The van der Waals surface area contributed by atoms with Crippen LogP contribution in [0.3, 0.4) is 0 Å². The van der Waals surface area contributed by atoms with Crippen molar-refractivity contribution >= 4 is 5.97 Å². The molecule has 0 spiro atoms. The Hall–Kier alpha value is -1.59. The van der Waals surface area contributed by atoms with E-state index in [4.69, 9.17) is 15.9 Å². The summed E-state index contributed by atoms with van der Waals surface area (Å²) in [4.78, 5) is 10.4. The summed E-state index contributed by atoms with van der Waals surface area (Å²) in [6, 6.07) is 5.42. The van der Waals surface area contributed by atoms with Crippen molar-refractivity contribution in [2.24, 2.45) is 5.73 Å². The van der Waals surface area contributed by atoms with Gasteiger partial charge >= 0.3 is 5.97 Å². The number of aromatic hydroxyl groups is 1. The zero-order valence-corrected chi connectivity index (χ0v) is 25.6. The maximum absolute atomic E-state index is 10.4. The summed E-state index contributed by atoms with van der Waals surface area (Å²) in [5, 5.41) is 17.5. The van der Waals surface area contributed by atoms with Gasteiger partial charge in [-0.3, -0.25) is 4.79 Å². The first-order valence-electron chi connectivity index (χ1n) is 15.9. The standard InChI is InChI=1S/C24H52N.C9H11NO3/c1-5-9-13-17-21-25(22-18-14-10-6-2,23-19-15-11-7-3)24-20-16-12-8-4;10-8(9(12)13)5-6-1-3-7(11)4-2-6/h5-24H2,1-4H3;1-4,8,11H,5,10H2,(H,12,13)/q+1;. The predicted octanol–water partition coefficient (Wildman–Crippen LogP) is 8.47. The molecule has 0 aliphatic carbocycles. The number of hydrogen-bond acceptors (Lipinski definition) is 3. The molecule has 0 fully saturated rings. The van der Waals surface area contributed by atoms with Gasteiger partial charge in [-0.2, -0.15) is 0 Å². The zero-order chi connectivity index (χ0) is 28.5. The van der Waals surface area contributed by atoms with Crippen LogP contribution in [0.15, 0.2) is 24.3 Å². The van der Waals surface area contributed by atoms with Gasteiger partial charge in [0.25, 0.3) is 0 Å². The number of carboxylic acid groups (broad SMARTS) is 1. The van der Waals surface area contributed by atoms with Gasteiger partial charge in [-0.1, -0.05) is 91.2 Å². The van der Waals surface area contributed by atoms with Crippen LogP contribution in [-0.2, 0) is 11.2 Å². The lowest BCUT2D eigenvalue weighted by molar-refractivity contribution is -0.929. The van der Waals surface area contributed by atoms with E-state index in [9.17, 15) is 4.79 Å². The minimum absolute atomic E-state index is 0.160. The third-order valence-corrected chi connectivity index (χ3v) is 7.65. The topological polar surface area (TPSA) is 83.5 Å². The average molecular weight is 536 g/mol. The Morgan fingerprint density at radius 2 is 1.00 bits per heavy atom. The van der Waals surface area contributed by atoms with Crippen LogP contribution in [0.5, 0.6) is 5.75 Å². The quantitative estimate of drug-likeness (QED) is 0.0969. The molecule has 0 aliphatic heterocycles. The van der Waals surface area contributed by atoms with Crippen molar-refractivity contribution in [2.75, 3.05) is 26.2 Å². The van der Waals surface area contributed by atoms with E-state index < -0.39 is 12.0 Å². The van der Waals surface area contributed by atoms with Crippen LogP contribution in [0.1, 0.15) is 136 Å². The van der Waals surface area contributed by atoms with Gasteiger partial charge in [-0.25, -0.2) is 0 Å². The van der Waals surface area contributed by atoms with E-state index in [-0.39, 0.29) is 12.2 Å². The zero-order valence-electron chi connectivity index (χ0n) is 25.6. The molecular weight excluding hydrogens is 472 g/mol. The molecule has 38 heavy (non-hydrogen) atoms. The Balaban J connectivity index is 0.000000875. The molecule has 0 amide bonds. The smallest absolute Gasteiger partial charge is 0.320 e. The molecule has 0 radical (unpaired) electrons. The molecule has 5 heteroatoms. The molecule has 0 saturated carbocycles. The Morgan fingerprint density at radius 3 is 1.29 bits per heavy atom. The van der Waals surface area contributed by atoms with Gasteiger partial charge in [0.15, 0.2) is 0 Å². The van der Waals surface area contributed by atoms with Crippen molar-refractivity contribution in [3.63, 3.8) is 0 Å². The Morgan fingerprint density at radius 1 is 0.658 bits per heavy atom. The van der Waals surface area contributed by atoms with Gasteiger partial charge in [-0.05, 0) is 75.5 Å². The van der Waals surface area contributed by atoms with Crippen LogP contribution in [0.4, 0.5) is 0 Å². The molecule has 1 aromatic carbocycles. The minimum Gasteiger partial charge on any atom is -0.508 e. The SMILES string of the molecule is CCCCCC[N+](CCCCCC)(CCCCCC)CCCCCC.NC(Cc1ccc(O)cc1)C(=O)O. The van der Waals surface area contributed by atoms with Gasteiger partial charge < -0.3 is 20.4 Å². The molecule has 0 saturated heterocycles. The van der Waals surface area contributed by atoms with Crippen LogP contribution in [0.2, 0.25) is 0 Å².